The van der Waals surface area contributed by atoms with Crippen LogP contribution in [0.5, 0.6) is 0 Å². The summed E-state index contributed by atoms with van der Waals surface area (Å²) in [5, 5.41) is 8.24. The van der Waals surface area contributed by atoms with Gasteiger partial charge in [-0.3, -0.25) is 4.68 Å². The Morgan fingerprint density at radius 2 is 2.27 bits per heavy atom. The van der Waals surface area contributed by atoms with Crippen LogP contribution in [-0.4, -0.2) is 33.9 Å². The minimum Gasteiger partial charge on any atom is -0.316 e. The van der Waals surface area contributed by atoms with Gasteiger partial charge in [-0.2, -0.15) is 16.9 Å². The molecule has 0 spiro atoms. The van der Waals surface area contributed by atoms with Crippen LogP contribution in [0.4, 0.5) is 0 Å². The Bertz CT molecular complexity index is 283. The molecule has 0 aliphatic carbocycles. The zero-order valence-electron chi connectivity index (χ0n) is 10.0. The van der Waals surface area contributed by atoms with Gasteiger partial charge in [-0.25, -0.2) is 0 Å². The molecule has 1 atom stereocenters. The molecule has 0 amide bonds. The molecule has 15 heavy (non-hydrogen) atoms. The Hall–Kier alpha value is -0.480. The molecule has 1 unspecified atom stereocenters. The van der Waals surface area contributed by atoms with E-state index in [1.54, 1.807) is 0 Å². The van der Waals surface area contributed by atoms with Gasteiger partial charge in [-0.05, 0) is 24.3 Å². The van der Waals surface area contributed by atoms with E-state index in [-0.39, 0.29) is 0 Å². The smallest absolute Gasteiger partial charge is 0.0522 e. The van der Waals surface area contributed by atoms with E-state index in [1.165, 1.54) is 5.56 Å². The highest BCUT2D eigenvalue weighted by atomic mass is 32.2. The maximum absolute atomic E-state index is 4.18. The highest BCUT2D eigenvalue weighted by Gasteiger charge is 2.09. The summed E-state index contributed by atoms with van der Waals surface area (Å²) in [5.74, 6) is 1.16. The van der Waals surface area contributed by atoms with Crippen molar-refractivity contribution in [2.75, 3.05) is 12.8 Å². The lowest BCUT2D eigenvalue weighted by Crippen LogP contribution is -2.30. The number of aromatic nitrogens is 2. The summed E-state index contributed by atoms with van der Waals surface area (Å²) in [6, 6.07) is 0.543. The second kappa shape index (κ2) is 6.18. The molecule has 0 radical (unpaired) electrons. The molecule has 0 fully saturated rings. The van der Waals surface area contributed by atoms with Crippen molar-refractivity contribution in [3.8, 4) is 0 Å². The lowest BCUT2D eigenvalue weighted by molar-refractivity contribution is 0.616. The molecule has 1 N–H and O–H groups in total. The first-order valence-corrected chi connectivity index (χ1v) is 6.43. The molecule has 1 rings (SSSR count). The van der Waals surface area contributed by atoms with Gasteiger partial charge in [0.25, 0.3) is 0 Å². The SMILES string of the molecule is CNC(CSC(C)C)Cc1cnn(C)c1. The molecule has 1 aromatic rings. The Kier molecular flexibility index (Phi) is 5.19. The Morgan fingerprint density at radius 1 is 1.53 bits per heavy atom. The Balaban J connectivity index is 2.39. The van der Waals surface area contributed by atoms with Crippen LogP contribution < -0.4 is 5.32 Å². The average molecular weight is 227 g/mol. The molecule has 0 aliphatic rings. The van der Waals surface area contributed by atoms with Gasteiger partial charge in [0.2, 0.25) is 0 Å². The summed E-state index contributed by atoms with van der Waals surface area (Å²) in [6.45, 7) is 4.48. The highest BCUT2D eigenvalue weighted by molar-refractivity contribution is 7.99. The molecule has 0 aromatic carbocycles. The normalized spacial score (nSPS) is 13.4. The number of hydrogen-bond donors (Lipinski definition) is 1. The van der Waals surface area contributed by atoms with Crippen molar-refractivity contribution in [1.29, 1.82) is 0 Å². The summed E-state index contributed by atoms with van der Waals surface area (Å²) in [7, 11) is 3.99. The van der Waals surface area contributed by atoms with Crippen LogP contribution in [-0.2, 0) is 13.5 Å². The van der Waals surface area contributed by atoms with Gasteiger partial charge in [0.15, 0.2) is 0 Å². The zero-order chi connectivity index (χ0) is 11.3. The summed E-state index contributed by atoms with van der Waals surface area (Å²) in [6.07, 6.45) is 5.10. The fraction of sp³-hybridized carbons (Fsp3) is 0.727. The van der Waals surface area contributed by atoms with Crippen molar-refractivity contribution in [3.63, 3.8) is 0 Å². The second-order valence-corrected chi connectivity index (χ2v) is 5.70. The number of aryl methyl sites for hydroxylation is 1. The summed E-state index contributed by atoms with van der Waals surface area (Å²) >= 11 is 2.00. The third kappa shape index (κ3) is 4.71. The van der Waals surface area contributed by atoms with Crippen molar-refractivity contribution in [1.82, 2.24) is 15.1 Å². The van der Waals surface area contributed by atoms with Gasteiger partial charge in [-0.1, -0.05) is 13.8 Å². The molecule has 0 saturated carbocycles. The van der Waals surface area contributed by atoms with Gasteiger partial charge in [0.05, 0.1) is 6.20 Å². The van der Waals surface area contributed by atoms with E-state index < -0.39 is 0 Å². The van der Waals surface area contributed by atoms with Crippen LogP contribution in [0.25, 0.3) is 0 Å². The molecule has 86 valence electrons. The molecule has 3 nitrogen and oxygen atoms in total. The van der Waals surface area contributed by atoms with Gasteiger partial charge < -0.3 is 5.32 Å². The second-order valence-electron chi connectivity index (χ2n) is 4.09. The highest BCUT2D eigenvalue weighted by Crippen LogP contribution is 2.13. The maximum Gasteiger partial charge on any atom is 0.0522 e. The van der Waals surface area contributed by atoms with Crippen LogP contribution in [0.3, 0.4) is 0 Å². The summed E-state index contributed by atoms with van der Waals surface area (Å²) < 4.78 is 1.86. The van der Waals surface area contributed by atoms with E-state index in [0.29, 0.717) is 11.3 Å². The van der Waals surface area contributed by atoms with E-state index in [2.05, 4.69) is 30.5 Å². The van der Waals surface area contributed by atoms with E-state index in [0.717, 1.165) is 12.2 Å². The van der Waals surface area contributed by atoms with Gasteiger partial charge in [0.1, 0.15) is 0 Å². The van der Waals surface area contributed by atoms with Crippen LogP contribution in [0.1, 0.15) is 19.4 Å². The number of nitrogens with one attached hydrogen (secondary N) is 1. The predicted octanol–water partition coefficient (Wildman–Crippen LogP) is 1.69. The standard InChI is InChI=1S/C11H21N3S/c1-9(2)15-8-11(12-3)5-10-6-13-14(4)7-10/h6-7,9,11-12H,5,8H2,1-4H3. The number of rotatable bonds is 6. The van der Waals surface area contributed by atoms with Gasteiger partial charge in [0, 0.05) is 25.0 Å². The molecular formula is C11H21N3S. The third-order valence-corrected chi connectivity index (χ3v) is 3.54. The van der Waals surface area contributed by atoms with E-state index in [1.807, 2.05) is 36.7 Å². The van der Waals surface area contributed by atoms with Crippen LogP contribution >= 0.6 is 11.8 Å². The maximum atomic E-state index is 4.18. The molecule has 0 bridgehead atoms. The Labute approximate surface area is 96.6 Å². The fourth-order valence-electron chi connectivity index (χ4n) is 1.41. The monoisotopic (exact) mass is 227 g/mol. The minimum atomic E-state index is 0.543. The van der Waals surface area contributed by atoms with Crippen molar-refractivity contribution in [2.24, 2.45) is 7.05 Å². The molecule has 0 aliphatic heterocycles. The zero-order valence-corrected chi connectivity index (χ0v) is 10.8. The first-order chi connectivity index (χ1) is 7.11. The first kappa shape index (κ1) is 12.6. The van der Waals surface area contributed by atoms with Crippen molar-refractivity contribution < 1.29 is 0 Å². The van der Waals surface area contributed by atoms with Gasteiger partial charge >= 0.3 is 0 Å². The summed E-state index contributed by atoms with van der Waals surface area (Å²) in [5.41, 5.74) is 1.31. The van der Waals surface area contributed by atoms with Crippen LogP contribution in [0.2, 0.25) is 0 Å². The lowest BCUT2D eigenvalue weighted by Gasteiger charge is -2.16. The fourth-order valence-corrected chi connectivity index (χ4v) is 2.32. The predicted molar refractivity (Wildman–Crippen MR) is 67.4 cm³/mol. The van der Waals surface area contributed by atoms with Crippen molar-refractivity contribution >= 4 is 11.8 Å². The first-order valence-electron chi connectivity index (χ1n) is 5.38. The lowest BCUT2D eigenvalue weighted by atomic mass is 10.1. The topological polar surface area (TPSA) is 29.9 Å². The quantitative estimate of drug-likeness (QED) is 0.802. The third-order valence-electron chi connectivity index (χ3n) is 2.28. The summed E-state index contributed by atoms with van der Waals surface area (Å²) in [4.78, 5) is 0. The number of thioether (sulfide) groups is 1. The minimum absolute atomic E-state index is 0.543. The van der Waals surface area contributed by atoms with E-state index in [4.69, 9.17) is 0 Å². The van der Waals surface area contributed by atoms with Crippen molar-refractivity contribution in [3.05, 3.63) is 18.0 Å². The molecule has 1 heterocycles. The number of nitrogens with zero attached hydrogens (tertiary/aromatic N) is 2. The van der Waals surface area contributed by atoms with Crippen LogP contribution in [0, 0.1) is 0 Å². The number of hydrogen-bond acceptors (Lipinski definition) is 3. The van der Waals surface area contributed by atoms with Gasteiger partial charge in [-0.15, -0.1) is 0 Å². The molecule has 4 heteroatoms. The Morgan fingerprint density at radius 3 is 2.73 bits per heavy atom. The molecule has 0 saturated heterocycles. The van der Waals surface area contributed by atoms with Crippen molar-refractivity contribution in [2.45, 2.75) is 31.6 Å². The van der Waals surface area contributed by atoms with Crippen LogP contribution in [0.15, 0.2) is 12.4 Å². The number of likely N-dealkylation sites (N-methyl/N-ethyl adjacent to an activating group) is 1. The van der Waals surface area contributed by atoms with E-state index in [9.17, 15) is 0 Å². The average Bonchev–Trinajstić information content (AvgIpc) is 2.58. The largest absolute Gasteiger partial charge is 0.316 e. The molecule has 1 aromatic heterocycles. The molecular weight excluding hydrogens is 206 g/mol. The van der Waals surface area contributed by atoms with E-state index >= 15 is 0 Å².